The van der Waals surface area contributed by atoms with E-state index in [1.807, 2.05) is 36.4 Å². The molecule has 0 N–H and O–H groups in total. The Hall–Kier alpha value is -1.33. The highest BCUT2D eigenvalue weighted by Gasteiger charge is 2.51. The first-order valence-electron chi connectivity index (χ1n) is 14.8. The summed E-state index contributed by atoms with van der Waals surface area (Å²) in [6.07, 6.45) is -1.35. The largest absolute Gasteiger partial charge is 0.414 e. The highest BCUT2D eigenvalue weighted by molar-refractivity contribution is 6.74. The zero-order valence-electron chi connectivity index (χ0n) is 26.8. The quantitative estimate of drug-likeness (QED) is 0.248. The summed E-state index contributed by atoms with van der Waals surface area (Å²) in [6.45, 7) is 26.3. The summed E-state index contributed by atoms with van der Waals surface area (Å²) < 4.78 is 34.0. The molecule has 5 nitrogen and oxygen atoms in total. The number of benzene rings is 2. The molecule has 3 rings (SSSR count). The van der Waals surface area contributed by atoms with E-state index >= 15 is 0 Å². The van der Waals surface area contributed by atoms with Gasteiger partial charge in [0.25, 0.3) is 0 Å². The van der Waals surface area contributed by atoms with Gasteiger partial charge in [0.1, 0.15) is 18.3 Å². The smallest absolute Gasteiger partial charge is 0.192 e. The van der Waals surface area contributed by atoms with Crippen molar-refractivity contribution in [3.63, 3.8) is 0 Å². The Kier molecular flexibility index (Phi) is 11.0. The van der Waals surface area contributed by atoms with Gasteiger partial charge in [-0.2, -0.15) is 0 Å². The molecule has 0 radical (unpaired) electrons. The molecule has 1 fully saturated rings. The van der Waals surface area contributed by atoms with E-state index in [1.165, 1.54) is 0 Å². The summed E-state index contributed by atoms with van der Waals surface area (Å²) in [5.41, 5.74) is 2.25. The maximum atomic E-state index is 7.06. The predicted molar refractivity (Wildman–Crippen MR) is 170 cm³/mol. The third-order valence-electron chi connectivity index (χ3n) is 9.09. The SMILES string of the molecule is C[C@@H]1OC(CO[Si](C)(C)C(C)(C)C)[C@H](OCc2ccccc2)C(OCc2ccccc2)C1O[Si](C)(C)C(C)(C)C. The van der Waals surface area contributed by atoms with Gasteiger partial charge in [0.2, 0.25) is 0 Å². The Labute approximate surface area is 246 Å². The van der Waals surface area contributed by atoms with Crippen molar-refractivity contribution in [2.45, 2.75) is 128 Å². The summed E-state index contributed by atoms with van der Waals surface area (Å²) in [5, 5.41) is 0.157. The second-order valence-electron chi connectivity index (χ2n) is 14.3. The minimum absolute atomic E-state index is 0.0549. The van der Waals surface area contributed by atoms with E-state index in [4.69, 9.17) is 23.1 Å². The number of rotatable bonds is 11. The van der Waals surface area contributed by atoms with E-state index < -0.39 is 16.6 Å². The van der Waals surface area contributed by atoms with Crippen molar-refractivity contribution in [3.8, 4) is 0 Å². The maximum absolute atomic E-state index is 7.06. The Morgan fingerprint density at radius 3 is 1.55 bits per heavy atom. The molecule has 0 amide bonds. The van der Waals surface area contributed by atoms with Crippen LogP contribution in [0.2, 0.25) is 36.3 Å². The monoisotopic (exact) mass is 586 g/mol. The Morgan fingerprint density at radius 2 is 1.10 bits per heavy atom. The minimum Gasteiger partial charge on any atom is -0.414 e. The summed E-state index contributed by atoms with van der Waals surface area (Å²) in [7, 11) is -4.14. The fourth-order valence-corrected chi connectivity index (χ4v) is 6.72. The highest BCUT2D eigenvalue weighted by atomic mass is 28.4. The molecule has 224 valence electrons. The van der Waals surface area contributed by atoms with Gasteiger partial charge in [0, 0.05) is 0 Å². The third-order valence-corrected chi connectivity index (χ3v) is 18.1. The van der Waals surface area contributed by atoms with Gasteiger partial charge in [0.15, 0.2) is 16.6 Å². The predicted octanol–water partition coefficient (Wildman–Crippen LogP) is 8.36. The first kappa shape index (κ1) is 33.2. The second kappa shape index (κ2) is 13.3. The van der Waals surface area contributed by atoms with Crippen LogP contribution in [-0.4, -0.2) is 53.8 Å². The molecular formula is C33H54O5Si2. The molecule has 1 aliphatic heterocycles. The lowest BCUT2D eigenvalue weighted by molar-refractivity contribution is -0.250. The number of ether oxygens (including phenoxy) is 3. The van der Waals surface area contributed by atoms with E-state index in [2.05, 4.69) is 98.9 Å². The Bertz CT molecular complexity index is 1030. The number of hydrogen-bond acceptors (Lipinski definition) is 5. The zero-order chi connectivity index (χ0) is 29.8. The molecule has 0 bridgehead atoms. The van der Waals surface area contributed by atoms with Crippen molar-refractivity contribution >= 4 is 16.6 Å². The molecule has 1 aliphatic rings. The Balaban J connectivity index is 1.95. The fraction of sp³-hybridized carbons (Fsp3) is 0.636. The van der Waals surface area contributed by atoms with E-state index in [0.29, 0.717) is 19.8 Å². The van der Waals surface area contributed by atoms with Gasteiger partial charge in [-0.05, 0) is 54.3 Å². The van der Waals surface area contributed by atoms with Crippen LogP contribution < -0.4 is 0 Å². The van der Waals surface area contributed by atoms with Gasteiger partial charge in [-0.3, -0.25) is 0 Å². The summed E-state index contributed by atoms with van der Waals surface area (Å²) in [6, 6.07) is 20.6. The molecule has 0 saturated carbocycles. The van der Waals surface area contributed by atoms with Crippen molar-refractivity contribution in [3.05, 3.63) is 71.8 Å². The van der Waals surface area contributed by atoms with E-state index in [1.54, 1.807) is 0 Å². The third kappa shape index (κ3) is 8.60. The van der Waals surface area contributed by atoms with Crippen LogP contribution in [-0.2, 0) is 36.3 Å². The molecule has 1 heterocycles. The van der Waals surface area contributed by atoms with Crippen molar-refractivity contribution in [1.82, 2.24) is 0 Å². The van der Waals surface area contributed by atoms with Crippen molar-refractivity contribution in [2.24, 2.45) is 0 Å². The maximum Gasteiger partial charge on any atom is 0.192 e. The average Bonchev–Trinajstić information content (AvgIpc) is 2.87. The summed E-state index contributed by atoms with van der Waals surface area (Å²) >= 11 is 0. The number of hydrogen-bond donors (Lipinski definition) is 0. The van der Waals surface area contributed by atoms with Crippen LogP contribution in [0, 0.1) is 0 Å². The van der Waals surface area contributed by atoms with E-state index in [9.17, 15) is 0 Å². The minimum atomic E-state index is -2.14. The molecule has 0 spiro atoms. The summed E-state index contributed by atoms with van der Waals surface area (Å²) in [4.78, 5) is 0. The highest BCUT2D eigenvalue weighted by Crippen LogP contribution is 2.41. The lowest BCUT2D eigenvalue weighted by Crippen LogP contribution is -2.63. The molecule has 5 atom stereocenters. The van der Waals surface area contributed by atoms with Gasteiger partial charge in [-0.1, -0.05) is 102 Å². The van der Waals surface area contributed by atoms with Gasteiger partial charge in [0.05, 0.1) is 32.0 Å². The van der Waals surface area contributed by atoms with Crippen molar-refractivity contribution in [1.29, 1.82) is 0 Å². The van der Waals surface area contributed by atoms with Gasteiger partial charge in [-0.15, -0.1) is 0 Å². The van der Waals surface area contributed by atoms with Crippen LogP contribution >= 0.6 is 0 Å². The zero-order valence-corrected chi connectivity index (χ0v) is 28.8. The summed E-state index contributed by atoms with van der Waals surface area (Å²) in [5.74, 6) is 0. The topological polar surface area (TPSA) is 46.2 Å². The van der Waals surface area contributed by atoms with Crippen molar-refractivity contribution in [2.75, 3.05) is 6.61 Å². The molecule has 2 aromatic carbocycles. The molecule has 2 aromatic rings. The molecule has 40 heavy (non-hydrogen) atoms. The van der Waals surface area contributed by atoms with Crippen molar-refractivity contribution < 1.29 is 23.1 Å². The van der Waals surface area contributed by atoms with Crippen LogP contribution in [0.4, 0.5) is 0 Å². The first-order chi connectivity index (χ1) is 18.5. The van der Waals surface area contributed by atoms with Crippen LogP contribution in [0.5, 0.6) is 0 Å². The molecule has 0 aliphatic carbocycles. The van der Waals surface area contributed by atoms with Crippen LogP contribution in [0.25, 0.3) is 0 Å². The molecule has 7 heteroatoms. The fourth-order valence-electron chi connectivity index (χ4n) is 4.34. The first-order valence-corrected chi connectivity index (χ1v) is 20.6. The van der Waals surface area contributed by atoms with Gasteiger partial charge < -0.3 is 23.1 Å². The van der Waals surface area contributed by atoms with Crippen LogP contribution in [0.15, 0.2) is 60.7 Å². The molecule has 0 aromatic heterocycles. The van der Waals surface area contributed by atoms with Crippen LogP contribution in [0.3, 0.4) is 0 Å². The standard InChI is InChI=1S/C33H54O5Si2/c1-25-29(38-40(10,11)33(5,6)7)31(35-23-27-20-16-13-17-21-27)30(34-22-26-18-14-12-15-19-26)28(37-25)24-36-39(8,9)32(2,3)4/h12-21,25,28-31H,22-24H2,1-11H3/t25-,28?,29?,30-,31?/m0/s1. The van der Waals surface area contributed by atoms with Crippen LogP contribution in [0.1, 0.15) is 59.6 Å². The van der Waals surface area contributed by atoms with Gasteiger partial charge >= 0.3 is 0 Å². The molecule has 3 unspecified atom stereocenters. The van der Waals surface area contributed by atoms with Gasteiger partial charge in [-0.25, -0.2) is 0 Å². The van der Waals surface area contributed by atoms with E-state index in [0.717, 1.165) is 11.1 Å². The Morgan fingerprint density at radius 1 is 0.650 bits per heavy atom. The molecular weight excluding hydrogens is 533 g/mol. The molecule has 1 saturated heterocycles. The lowest BCUT2D eigenvalue weighted by Gasteiger charge is -2.50. The normalized spacial score (nSPS) is 24.7. The second-order valence-corrected chi connectivity index (χ2v) is 23.9. The van der Waals surface area contributed by atoms with E-state index in [-0.39, 0.29) is 40.6 Å². The average molecular weight is 587 g/mol. The lowest BCUT2D eigenvalue weighted by atomic mass is 9.95.